The van der Waals surface area contributed by atoms with E-state index in [1.807, 2.05) is 27.2 Å². The number of carbonyl (C=O) groups is 1. The minimum absolute atomic E-state index is 0.0141. The van der Waals surface area contributed by atoms with Gasteiger partial charge in [0.1, 0.15) is 13.2 Å². The number of nitrogens with one attached hydrogen (secondary N) is 1. The summed E-state index contributed by atoms with van der Waals surface area (Å²) in [6.07, 6.45) is 59.2. The van der Waals surface area contributed by atoms with Gasteiger partial charge in [-0.15, -0.1) is 0 Å². The molecule has 0 radical (unpaired) electrons. The van der Waals surface area contributed by atoms with Crippen molar-refractivity contribution in [1.82, 2.24) is 5.32 Å². The minimum atomic E-state index is -4.61. The molecule has 0 rings (SSSR count). The topological polar surface area (TPSA) is 108 Å². The van der Waals surface area contributed by atoms with E-state index < -0.39 is 26.6 Å². The van der Waals surface area contributed by atoms with Crippen LogP contribution in [0.2, 0.25) is 0 Å². The normalized spacial score (nSPS) is 14.9. The first kappa shape index (κ1) is 58.7. The van der Waals surface area contributed by atoms with Crippen LogP contribution in [-0.4, -0.2) is 68.5 Å². The third kappa shape index (κ3) is 45.5. The third-order valence-electron chi connectivity index (χ3n) is 10.4. The fraction of sp³-hybridized carbons (Fsp3) is 0.712. The molecular weight excluding hydrogens is 780 g/mol. The van der Waals surface area contributed by atoms with Crippen LogP contribution >= 0.6 is 7.82 Å². The predicted molar refractivity (Wildman–Crippen MR) is 260 cm³/mol. The molecule has 9 heteroatoms. The molecule has 0 aliphatic carbocycles. The van der Waals surface area contributed by atoms with E-state index in [9.17, 15) is 19.4 Å². The molecule has 0 spiro atoms. The lowest BCUT2D eigenvalue weighted by Crippen LogP contribution is -2.45. The Hall–Kier alpha value is -2.32. The molecule has 0 fully saturated rings. The van der Waals surface area contributed by atoms with Gasteiger partial charge in [-0.3, -0.25) is 9.36 Å². The number of aliphatic hydroxyl groups is 1. The van der Waals surface area contributed by atoms with Gasteiger partial charge in [0.15, 0.2) is 0 Å². The number of phosphoric acid groups is 1. The van der Waals surface area contributed by atoms with E-state index in [0.717, 1.165) is 70.6 Å². The van der Waals surface area contributed by atoms with Crippen LogP contribution in [0.4, 0.5) is 0 Å². The Morgan fingerprint density at radius 2 is 1.00 bits per heavy atom. The van der Waals surface area contributed by atoms with Crippen LogP contribution in [0.3, 0.4) is 0 Å². The van der Waals surface area contributed by atoms with E-state index in [-0.39, 0.29) is 18.9 Å². The van der Waals surface area contributed by atoms with Crippen LogP contribution in [0, 0.1) is 0 Å². The summed E-state index contributed by atoms with van der Waals surface area (Å²) in [5.74, 6) is -0.242. The van der Waals surface area contributed by atoms with Crippen molar-refractivity contribution in [2.45, 2.75) is 199 Å². The number of amides is 1. The Morgan fingerprint density at radius 3 is 1.46 bits per heavy atom. The molecule has 61 heavy (non-hydrogen) atoms. The van der Waals surface area contributed by atoms with Crippen molar-refractivity contribution in [2.24, 2.45) is 0 Å². The molecule has 3 unspecified atom stereocenters. The lowest BCUT2D eigenvalue weighted by molar-refractivity contribution is -0.870. The summed E-state index contributed by atoms with van der Waals surface area (Å²) in [7, 11) is 1.22. The Labute approximate surface area is 376 Å². The van der Waals surface area contributed by atoms with Crippen LogP contribution in [0.25, 0.3) is 0 Å². The first-order valence-corrected chi connectivity index (χ1v) is 25.9. The number of likely N-dealkylation sites (N-methyl/N-ethyl adjacent to an activating group) is 1. The minimum Gasteiger partial charge on any atom is -0.756 e. The van der Waals surface area contributed by atoms with Gasteiger partial charge < -0.3 is 28.8 Å². The van der Waals surface area contributed by atoms with Gasteiger partial charge in [0, 0.05) is 6.42 Å². The molecule has 0 aromatic heterocycles. The maximum Gasteiger partial charge on any atom is 0.268 e. The molecule has 0 heterocycles. The zero-order valence-electron chi connectivity index (χ0n) is 39.8. The van der Waals surface area contributed by atoms with E-state index in [1.165, 1.54) is 89.9 Å². The molecular formula is C52H93N2O6P. The average Bonchev–Trinajstić information content (AvgIpc) is 3.21. The van der Waals surface area contributed by atoms with Crippen molar-refractivity contribution >= 4 is 13.7 Å². The monoisotopic (exact) mass is 873 g/mol. The van der Waals surface area contributed by atoms with Gasteiger partial charge in [-0.2, -0.15) is 0 Å². The van der Waals surface area contributed by atoms with E-state index in [0.29, 0.717) is 17.4 Å². The van der Waals surface area contributed by atoms with Gasteiger partial charge in [-0.25, -0.2) is 0 Å². The molecule has 352 valence electrons. The molecule has 0 aromatic rings. The number of unbranched alkanes of at least 4 members (excludes halogenated alkanes) is 18. The number of aliphatic hydroxyl groups excluding tert-OH is 1. The zero-order valence-corrected chi connectivity index (χ0v) is 40.7. The highest BCUT2D eigenvalue weighted by molar-refractivity contribution is 7.45. The van der Waals surface area contributed by atoms with Gasteiger partial charge in [0.05, 0.1) is 39.9 Å². The number of hydrogen-bond donors (Lipinski definition) is 2. The summed E-state index contributed by atoms with van der Waals surface area (Å²) in [5, 5.41) is 13.8. The first-order valence-electron chi connectivity index (χ1n) is 24.4. The molecule has 0 saturated carbocycles. The van der Waals surface area contributed by atoms with E-state index in [1.54, 1.807) is 6.08 Å². The summed E-state index contributed by atoms with van der Waals surface area (Å²) >= 11 is 0. The van der Waals surface area contributed by atoms with Crippen LogP contribution in [0.5, 0.6) is 0 Å². The maximum atomic E-state index is 12.9. The lowest BCUT2D eigenvalue weighted by atomic mass is 10.0. The molecule has 0 aliphatic heterocycles. The molecule has 2 N–H and O–H groups in total. The predicted octanol–water partition coefficient (Wildman–Crippen LogP) is 13.5. The quantitative estimate of drug-likeness (QED) is 0.0273. The van der Waals surface area contributed by atoms with Gasteiger partial charge >= 0.3 is 0 Å². The van der Waals surface area contributed by atoms with Gasteiger partial charge in [-0.05, 0) is 70.6 Å². The summed E-state index contributed by atoms with van der Waals surface area (Å²) in [5.41, 5.74) is 0. The second kappa shape index (κ2) is 43.0. The fourth-order valence-corrected chi connectivity index (χ4v) is 7.23. The van der Waals surface area contributed by atoms with Gasteiger partial charge in [-0.1, -0.05) is 195 Å². The summed E-state index contributed by atoms with van der Waals surface area (Å²) < 4.78 is 23.2. The highest BCUT2D eigenvalue weighted by Crippen LogP contribution is 2.38. The van der Waals surface area contributed by atoms with E-state index >= 15 is 0 Å². The molecule has 0 saturated heterocycles. The Balaban J connectivity index is 4.47. The summed E-state index contributed by atoms with van der Waals surface area (Å²) in [4.78, 5) is 25.4. The fourth-order valence-electron chi connectivity index (χ4n) is 6.51. The molecule has 8 nitrogen and oxygen atoms in total. The van der Waals surface area contributed by atoms with Gasteiger partial charge in [0.25, 0.3) is 7.82 Å². The summed E-state index contributed by atoms with van der Waals surface area (Å²) in [6.45, 7) is 4.49. The van der Waals surface area contributed by atoms with Crippen LogP contribution < -0.4 is 10.2 Å². The number of rotatable bonds is 43. The number of hydrogen-bond acceptors (Lipinski definition) is 6. The Bertz CT molecular complexity index is 1260. The van der Waals surface area contributed by atoms with Gasteiger partial charge in [0.2, 0.25) is 5.91 Å². The van der Waals surface area contributed by atoms with E-state index in [4.69, 9.17) is 9.05 Å². The number of allylic oxidation sites excluding steroid dienone is 13. The van der Waals surface area contributed by atoms with Crippen molar-refractivity contribution in [1.29, 1.82) is 0 Å². The second-order valence-electron chi connectivity index (χ2n) is 17.4. The zero-order chi connectivity index (χ0) is 45.0. The highest BCUT2D eigenvalue weighted by atomic mass is 31.2. The lowest BCUT2D eigenvalue weighted by Gasteiger charge is -2.29. The van der Waals surface area contributed by atoms with E-state index in [2.05, 4.69) is 92.1 Å². The summed E-state index contributed by atoms with van der Waals surface area (Å²) in [6, 6.07) is -0.915. The standard InChI is InChI=1S/C52H93N2O6P/c1-6-8-10-12-14-16-18-20-22-24-26-27-28-30-32-34-36-38-40-42-44-46-52(56)53-50(49-60-61(57,58)59-48-47-54(3,4)5)51(55)45-43-41-39-37-35-33-31-29-25-23-21-19-17-15-13-11-9-7-2/h8,10,14,16,20,22,26-27,30,32,36,38,43,45,50-51,55H,6-7,9,11-13,15,17-19,21,23-25,28-29,31,33-35,37,39-42,44,46-49H2,1-5H3,(H-,53,56,57,58)/b10-8-,16-14-,22-20-,27-26-,32-30-,38-36-,45-43+. The molecule has 3 atom stereocenters. The molecule has 0 aliphatic rings. The number of phosphoric ester groups is 1. The second-order valence-corrected chi connectivity index (χ2v) is 18.8. The van der Waals surface area contributed by atoms with Crippen molar-refractivity contribution < 1.29 is 32.9 Å². The van der Waals surface area contributed by atoms with Crippen LogP contribution in [0.1, 0.15) is 187 Å². The van der Waals surface area contributed by atoms with Crippen molar-refractivity contribution in [3.63, 3.8) is 0 Å². The maximum absolute atomic E-state index is 12.9. The molecule has 1 amide bonds. The number of quaternary nitrogens is 1. The van der Waals surface area contributed by atoms with Crippen molar-refractivity contribution in [2.75, 3.05) is 40.9 Å². The SMILES string of the molecule is CC/C=C\C/C=C\C/C=C\C/C=C\C/C=C\C/C=C\CCCCC(=O)NC(COP(=O)([O-])OCC[N+](C)(C)C)C(O)/C=C/CCCCCCCCCCCCCCCCCC. The largest absolute Gasteiger partial charge is 0.756 e. The Kier molecular flexibility index (Phi) is 41.3. The molecule has 0 aromatic carbocycles. The van der Waals surface area contributed by atoms with Crippen molar-refractivity contribution in [3.05, 3.63) is 85.1 Å². The smallest absolute Gasteiger partial charge is 0.268 e. The first-order chi connectivity index (χ1) is 29.5. The third-order valence-corrected chi connectivity index (χ3v) is 11.3. The highest BCUT2D eigenvalue weighted by Gasteiger charge is 2.23. The number of carbonyl (C=O) groups excluding carboxylic acids is 1. The number of nitrogens with zero attached hydrogens (tertiary/aromatic N) is 1. The Morgan fingerprint density at radius 1 is 0.590 bits per heavy atom. The molecule has 0 bridgehead atoms. The average molecular weight is 873 g/mol. The van der Waals surface area contributed by atoms with Crippen molar-refractivity contribution in [3.8, 4) is 0 Å². The van der Waals surface area contributed by atoms with Crippen LogP contribution in [-0.2, 0) is 18.4 Å². The van der Waals surface area contributed by atoms with Crippen LogP contribution in [0.15, 0.2) is 85.1 Å².